The summed E-state index contributed by atoms with van der Waals surface area (Å²) in [5.74, 6) is 2.22. The fourth-order valence-corrected chi connectivity index (χ4v) is 3.37. The molecule has 31 heavy (non-hydrogen) atoms. The highest BCUT2D eigenvalue weighted by Gasteiger charge is 2.14. The number of nitrogens with zero attached hydrogens (tertiary/aromatic N) is 4. The van der Waals surface area contributed by atoms with Crippen LogP contribution in [0.4, 0.5) is 11.5 Å². The molecule has 0 atom stereocenters. The molecule has 3 heterocycles. The predicted octanol–water partition coefficient (Wildman–Crippen LogP) is 3.66. The van der Waals surface area contributed by atoms with Gasteiger partial charge in [-0.05, 0) is 23.6 Å². The Bertz CT molecular complexity index is 993. The number of ether oxygens (including phenoxy) is 1. The second kappa shape index (κ2) is 9.70. The maximum atomic E-state index is 12.3. The summed E-state index contributed by atoms with van der Waals surface area (Å²) in [5, 5.41) is 6.90. The Morgan fingerprint density at radius 2 is 1.90 bits per heavy atom. The lowest BCUT2D eigenvalue weighted by Crippen LogP contribution is -2.36. The Labute approximate surface area is 181 Å². The van der Waals surface area contributed by atoms with Crippen molar-refractivity contribution in [2.75, 3.05) is 36.5 Å². The van der Waals surface area contributed by atoms with E-state index in [1.165, 1.54) is 5.56 Å². The molecule has 1 aliphatic rings. The molecule has 0 unspecified atom stereocenters. The van der Waals surface area contributed by atoms with E-state index in [0.717, 1.165) is 24.5 Å². The van der Waals surface area contributed by atoms with E-state index in [0.29, 0.717) is 43.0 Å². The first kappa shape index (κ1) is 21.0. The zero-order chi connectivity index (χ0) is 21.6. The van der Waals surface area contributed by atoms with Crippen molar-refractivity contribution in [3.05, 3.63) is 54.0 Å². The number of nitrogens with one attached hydrogen (secondary N) is 1. The molecular weight excluding hydrogens is 394 g/mol. The van der Waals surface area contributed by atoms with Gasteiger partial charge in [-0.25, -0.2) is 4.98 Å². The average molecular weight is 422 g/mol. The van der Waals surface area contributed by atoms with Gasteiger partial charge in [0.15, 0.2) is 0 Å². The minimum atomic E-state index is -0.123. The topological polar surface area (TPSA) is 93.4 Å². The van der Waals surface area contributed by atoms with Gasteiger partial charge in [-0.15, -0.1) is 0 Å². The van der Waals surface area contributed by atoms with Gasteiger partial charge >= 0.3 is 0 Å². The highest BCUT2D eigenvalue weighted by Crippen LogP contribution is 2.21. The van der Waals surface area contributed by atoms with Gasteiger partial charge in [0.05, 0.1) is 25.1 Å². The molecule has 0 saturated carbocycles. The van der Waals surface area contributed by atoms with Gasteiger partial charge in [0.1, 0.15) is 5.82 Å². The number of rotatable bonds is 7. The molecule has 2 aromatic heterocycles. The lowest BCUT2D eigenvalue weighted by Gasteiger charge is -2.27. The van der Waals surface area contributed by atoms with Crippen LogP contribution in [0.15, 0.2) is 47.1 Å². The van der Waals surface area contributed by atoms with E-state index in [1.807, 2.05) is 24.3 Å². The van der Waals surface area contributed by atoms with Crippen molar-refractivity contribution in [2.24, 2.45) is 0 Å². The van der Waals surface area contributed by atoms with Crippen molar-refractivity contribution in [1.29, 1.82) is 0 Å². The fraction of sp³-hybridized carbons (Fsp3) is 0.391. The number of hydrogen-bond acceptors (Lipinski definition) is 7. The SMILES string of the molecule is CC(C)c1ccc(-c2noc(CCC(=O)Nc3ccc(N4CCOCC4)nc3)n2)cc1. The number of morpholine rings is 1. The van der Waals surface area contributed by atoms with Crippen LogP contribution in [0.25, 0.3) is 11.4 Å². The molecule has 1 aromatic carbocycles. The van der Waals surface area contributed by atoms with Crippen molar-refractivity contribution in [3.63, 3.8) is 0 Å². The van der Waals surface area contributed by atoms with Gasteiger partial charge in [0.25, 0.3) is 0 Å². The first-order chi connectivity index (χ1) is 15.1. The molecule has 1 amide bonds. The Morgan fingerprint density at radius 3 is 2.58 bits per heavy atom. The Kier molecular flexibility index (Phi) is 6.57. The van der Waals surface area contributed by atoms with Gasteiger partial charge < -0.3 is 19.5 Å². The minimum Gasteiger partial charge on any atom is -0.378 e. The highest BCUT2D eigenvalue weighted by molar-refractivity contribution is 5.90. The van der Waals surface area contributed by atoms with E-state index in [1.54, 1.807) is 6.20 Å². The molecule has 8 nitrogen and oxygen atoms in total. The van der Waals surface area contributed by atoms with Crippen molar-refractivity contribution >= 4 is 17.4 Å². The second-order valence-electron chi connectivity index (χ2n) is 7.84. The van der Waals surface area contributed by atoms with E-state index in [4.69, 9.17) is 9.26 Å². The Hall–Kier alpha value is -3.26. The summed E-state index contributed by atoms with van der Waals surface area (Å²) >= 11 is 0. The molecule has 1 aliphatic heterocycles. The van der Waals surface area contributed by atoms with Crippen molar-refractivity contribution in [3.8, 4) is 11.4 Å². The van der Waals surface area contributed by atoms with Crippen LogP contribution in [0.1, 0.15) is 37.6 Å². The van der Waals surface area contributed by atoms with Gasteiger partial charge in [0.2, 0.25) is 17.6 Å². The van der Waals surface area contributed by atoms with E-state index in [2.05, 4.69) is 51.3 Å². The lowest BCUT2D eigenvalue weighted by atomic mass is 10.0. The summed E-state index contributed by atoms with van der Waals surface area (Å²) in [4.78, 5) is 23.3. The molecule has 1 fully saturated rings. The molecule has 1 N–H and O–H groups in total. The molecule has 0 bridgehead atoms. The first-order valence-electron chi connectivity index (χ1n) is 10.6. The summed E-state index contributed by atoms with van der Waals surface area (Å²) < 4.78 is 10.7. The number of carbonyl (C=O) groups is 1. The third kappa shape index (κ3) is 5.46. The van der Waals surface area contributed by atoms with Crippen LogP contribution in [0, 0.1) is 0 Å². The van der Waals surface area contributed by atoms with Gasteiger partial charge in [-0.3, -0.25) is 4.79 Å². The Balaban J connectivity index is 1.28. The van der Waals surface area contributed by atoms with Crippen LogP contribution < -0.4 is 10.2 Å². The molecule has 1 saturated heterocycles. The van der Waals surface area contributed by atoms with Crippen LogP contribution in [0.5, 0.6) is 0 Å². The molecule has 4 rings (SSSR count). The predicted molar refractivity (Wildman–Crippen MR) is 118 cm³/mol. The summed E-state index contributed by atoms with van der Waals surface area (Å²) in [7, 11) is 0. The number of anilines is 2. The van der Waals surface area contributed by atoms with Crippen LogP contribution in [-0.2, 0) is 16.0 Å². The molecule has 8 heteroatoms. The zero-order valence-corrected chi connectivity index (χ0v) is 17.9. The van der Waals surface area contributed by atoms with Crippen LogP contribution >= 0.6 is 0 Å². The summed E-state index contributed by atoms with van der Waals surface area (Å²) in [6.07, 6.45) is 2.30. The lowest BCUT2D eigenvalue weighted by molar-refractivity contribution is -0.116. The number of carbonyl (C=O) groups excluding carboxylic acids is 1. The van der Waals surface area contributed by atoms with Gasteiger partial charge in [-0.1, -0.05) is 43.3 Å². The third-order valence-electron chi connectivity index (χ3n) is 5.24. The Morgan fingerprint density at radius 1 is 1.13 bits per heavy atom. The fourth-order valence-electron chi connectivity index (χ4n) is 3.37. The molecular formula is C23H27N5O3. The maximum Gasteiger partial charge on any atom is 0.227 e. The standard InChI is InChI=1S/C23H27N5O3/c1-16(2)17-3-5-18(6-4-17)23-26-22(31-27-23)10-9-21(29)25-19-7-8-20(24-15-19)28-11-13-30-14-12-28/h3-8,15-16H,9-14H2,1-2H3,(H,25,29). The first-order valence-corrected chi connectivity index (χ1v) is 10.6. The van der Waals surface area contributed by atoms with Crippen LogP contribution in [0.3, 0.4) is 0 Å². The zero-order valence-electron chi connectivity index (χ0n) is 17.9. The number of amides is 1. The van der Waals surface area contributed by atoms with E-state index in [-0.39, 0.29) is 12.3 Å². The van der Waals surface area contributed by atoms with Crippen molar-refractivity contribution < 1.29 is 14.1 Å². The van der Waals surface area contributed by atoms with Crippen molar-refractivity contribution in [2.45, 2.75) is 32.6 Å². The largest absolute Gasteiger partial charge is 0.378 e. The normalized spacial score (nSPS) is 14.1. The number of hydrogen-bond donors (Lipinski definition) is 1. The second-order valence-corrected chi connectivity index (χ2v) is 7.84. The molecule has 3 aromatic rings. The van der Waals surface area contributed by atoms with Crippen LogP contribution in [-0.4, -0.2) is 47.3 Å². The summed E-state index contributed by atoms with van der Waals surface area (Å²) in [5.41, 5.74) is 2.82. The third-order valence-corrected chi connectivity index (χ3v) is 5.24. The summed E-state index contributed by atoms with van der Waals surface area (Å²) in [6.45, 7) is 7.38. The maximum absolute atomic E-state index is 12.3. The number of aryl methyl sites for hydroxylation is 1. The number of pyridine rings is 1. The average Bonchev–Trinajstić information content (AvgIpc) is 3.28. The molecule has 0 radical (unpaired) electrons. The smallest absolute Gasteiger partial charge is 0.227 e. The van der Waals surface area contributed by atoms with Gasteiger partial charge in [0, 0.05) is 31.5 Å². The number of benzene rings is 1. The quantitative estimate of drug-likeness (QED) is 0.622. The monoisotopic (exact) mass is 421 g/mol. The van der Waals surface area contributed by atoms with Crippen LogP contribution in [0.2, 0.25) is 0 Å². The van der Waals surface area contributed by atoms with E-state index in [9.17, 15) is 4.79 Å². The molecule has 162 valence electrons. The minimum absolute atomic E-state index is 0.123. The van der Waals surface area contributed by atoms with Gasteiger partial charge in [-0.2, -0.15) is 4.98 Å². The van der Waals surface area contributed by atoms with E-state index < -0.39 is 0 Å². The van der Waals surface area contributed by atoms with Crippen molar-refractivity contribution in [1.82, 2.24) is 15.1 Å². The molecule has 0 aliphatic carbocycles. The highest BCUT2D eigenvalue weighted by atomic mass is 16.5. The van der Waals surface area contributed by atoms with E-state index >= 15 is 0 Å². The number of aromatic nitrogens is 3. The summed E-state index contributed by atoms with van der Waals surface area (Å²) in [6, 6.07) is 11.9. The molecule has 0 spiro atoms.